The molecule has 0 aliphatic heterocycles. The number of aromatic nitrogens is 2. The van der Waals surface area contributed by atoms with Crippen LogP contribution >= 0.6 is 0 Å². The highest BCUT2D eigenvalue weighted by Crippen LogP contribution is 2.28. The van der Waals surface area contributed by atoms with Gasteiger partial charge in [0.05, 0.1) is 12.0 Å². The fourth-order valence-electron chi connectivity index (χ4n) is 1.99. The lowest BCUT2D eigenvalue weighted by Crippen LogP contribution is -2.13. The maximum atomic E-state index is 12.1. The quantitative estimate of drug-likeness (QED) is 0.735. The highest BCUT2D eigenvalue weighted by atomic mass is 16.3. The van der Waals surface area contributed by atoms with Crippen molar-refractivity contribution in [3.05, 3.63) is 41.5 Å². The molecule has 2 aromatic rings. The third kappa shape index (κ3) is 2.97. The average molecular weight is 274 g/mol. The Kier molecular flexibility index (Phi) is 4.05. The molecule has 1 amide bonds. The van der Waals surface area contributed by atoms with E-state index in [1.165, 1.54) is 0 Å². The van der Waals surface area contributed by atoms with Gasteiger partial charge >= 0.3 is 0 Å². The summed E-state index contributed by atoms with van der Waals surface area (Å²) in [5.74, 6) is -0.286. The Balaban J connectivity index is 2.18. The van der Waals surface area contributed by atoms with Crippen molar-refractivity contribution in [3.8, 4) is 5.75 Å². The van der Waals surface area contributed by atoms with Gasteiger partial charge in [-0.3, -0.25) is 4.79 Å². The summed E-state index contributed by atoms with van der Waals surface area (Å²) in [6.45, 7) is 4.77. The van der Waals surface area contributed by atoms with Gasteiger partial charge in [0.2, 0.25) is 0 Å². The zero-order valence-electron chi connectivity index (χ0n) is 11.6. The van der Waals surface area contributed by atoms with E-state index < -0.39 is 0 Å². The Bertz CT molecular complexity index is 634. The number of benzene rings is 1. The summed E-state index contributed by atoms with van der Waals surface area (Å²) in [6.07, 6.45) is 3.19. The SMILES string of the molecule is Cc1cc(C)c(O)c(NC(=O)c2cn(CCN)cn2)c1. The number of nitrogens with two attached hydrogens (primary N) is 1. The van der Waals surface area contributed by atoms with Crippen LogP contribution in [0.5, 0.6) is 5.75 Å². The van der Waals surface area contributed by atoms with E-state index in [4.69, 9.17) is 5.73 Å². The summed E-state index contributed by atoms with van der Waals surface area (Å²) in [7, 11) is 0. The minimum Gasteiger partial charge on any atom is -0.505 e. The summed E-state index contributed by atoms with van der Waals surface area (Å²) in [5, 5.41) is 12.6. The molecule has 0 unspecified atom stereocenters. The summed E-state index contributed by atoms with van der Waals surface area (Å²) in [6, 6.07) is 3.57. The molecule has 0 saturated heterocycles. The number of amides is 1. The van der Waals surface area contributed by atoms with E-state index >= 15 is 0 Å². The molecule has 0 saturated carbocycles. The van der Waals surface area contributed by atoms with Gasteiger partial charge in [0.15, 0.2) is 0 Å². The third-order valence-corrected chi connectivity index (χ3v) is 2.95. The van der Waals surface area contributed by atoms with E-state index in [0.717, 1.165) is 5.56 Å². The highest BCUT2D eigenvalue weighted by Gasteiger charge is 2.13. The molecule has 20 heavy (non-hydrogen) atoms. The number of phenolic OH excluding ortho intramolecular Hbond substituents is 1. The molecule has 6 heteroatoms. The highest BCUT2D eigenvalue weighted by molar-refractivity contribution is 6.03. The van der Waals surface area contributed by atoms with Gasteiger partial charge in [-0.15, -0.1) is 0 Å². The molecule has 0 radical (unpaired) electrons. The van der Waals surface area contributed by atoms with Crippen LogP contribution in [0.1, 0.15) is 21.6 Å². The van der Waals surface area contributed by atoms with E-state index in [0.29, 0.717) is 24.3 Å². The molecule has 1 heterocycles. The molecular weight excluding hydrogens is 256 g/mol. The zero-order valence-corrected chi connectivity index (χ0v) is 11.6. The van der Waals surface area contributed by atoms with Crippen LogP contribution in [0.3, 0.4) is 0 Å². The van der Waals surface area contributed by atoms with E-state index in [1.807, 2.05) is 13.0 Å². The minimum absolute atomic E-state index is 0.0744. The van der Waals surface area contributed by atoms with Gasteiger partial charge in [0, 0.05) is 19.3 Å². The number of phenols is 1. The van der Waals surface area contributed by atoms with E-state index in [2.05, 4.69) is 10.3 Å². The molecule has 0 bridgehead atoms. The number of nitrogens with one attached hydrogen (secondary N) is 1. The van der Waals surface area contributed by atoms with Crippen molar-refractivity contribution in [2.45, 2.75) is 20.4 Å². The molecule has 6 nitrogen and oxygen atoms in total. The number of rotatable bonds is 4. The van der Waals surface area contributed by atoms with Crippen LogP contribution in [0.2, 0.25) is 0 Å². The van der Waals surface area contributed by atoms with Gasteiger partial charge < -0.3 is 20.7 Å². The summed E-state index contributed by atoms with van der Waals surface area (Å²) in [5.41, 5.74) is 7.80. The number of imidazole rings is 1. The monoisotopic (exact) mass is 274 g/mol. The van der Waals surface area contributed by atoms with Crippen LogP contribution in [0.15, 0.2) is 24.7 Å². The van der Waals surface area contributed by atoms with Crippen LogP contribution in [0.25, 0.3) is 0 Å². The molecule has 0 aliphatic carbocycles. The average Bonchev–Trinajstić information content (AvgIpc) is 2.84. The third-order valence-electron chi connectivity index (χ3n) is 2.95. The van der Waals surface area contributed by atoms with Gasteiger partial charge in [-0.05, 0) is 31.0 Å². The molecule has 0 aliphatic rings. The Morgan fingerprint density at radius 2 is 2.20 bits per heavy atom. The first kappa shape index (κ1) is 14.1. The smallest absolute Gasteiger partial charge is 0.275 e. The maximum Gasteiger partial charge on any atom is 0.275 e. The molecule has 1 aromatic carbocycles. The van der Waals surface area contributed by atoms with Crippen LogP contribution in [0.4, 0.5) is 5.69 Å². The number of hydrogen-bond acceptors (Lipinski definition) is 4. The summed E-state index contributed by atoms with van der Waals surface area (Å²) >= 11 is 0. The molecule has 4 N–H and O–H groups in total. The van der Waals surface area contributed by atoms with Gasteiger partial charge in [-0.25, -0.2) is 4.98 Å². The number of hydrogen-bond donors (Lipinski definition) is 3. The van der Waals surface area contributed by atoms with Gasteiger partial charge in [0.1, 0.15) is 11.4 Å². The molecule has 2 rings (SSSR count). The van der Waals surface area contributed by atoms with Gasteiger partial charge in [0.25, 0.3) is 5.91 Å². The van der Waals surface area contributed by atoms with Crippen LogP contribution < -0.4 is 11.1 Å². The second-order valence-electron chi connectivity index (χ2n) is 4.72. The number of carbonyl (C=O) groups is 1. The lowest BCUT2D eigenvalue weighted by molar-refractivity contribution is 0.102. The Labute approximate surface area is 117 Å². The van der Waals surface area contributed by atoms with Crippen molar-refractivity contribution < 1.29 is 9.90 Å². The maximum absolute atomic E-state index is 12.1. The molecule has 0 atom stereocenters. The van der Waals surface area contributed by atoms with Crippen molar-refractivity contribution >= 4 is 11.6 Å². The fraction of sp³-hybridized carbons (Fsp3) is 0.286. The first-order chi connectivity index (χ1) is 9.51. The van der Waals surface area contributed by atoms with Crippen LogP contribution in [0, 0.1) is 13.8 Å². The van der Waals surface area contributed by atoms with Crippen molar-refractivity contribution in [1.82, 2.24) is 9.55 Å². The summed E-state index contributed by atoms with van der Waals surface area (Å²) in [4.78, 5) is 16.1. The normalized spacial score (nSPS) is 10.6. The first-order valence-corrected chi connectivity index (χ1v) is 6.34. The number of carbonyl (C=O) groups excluding carboxylic acids is 1. The Morgan fingerprint density at radius 3 is 2.90 bits per heavy atom. The number of anilines is 1. The molecule has 106 valence electrons. The number of aryl methyl sites for hydroxylation is 2. The fourth-order valence-corrected chi connectivity index (χ4v) is 1.99. The van der Waals surface area contributed by atoms with E-state index in [-0.39, 0.29) is 17.4 Å². The first-order valence-electron chi connectivity index (χ1n) is 6.34. The van der Waals surface area contributed by atoms with Crippen LogP contribution in [-0.4, -0.2) is 27.1 Å². The minimum atomic E-state index is -0.360. The van der Waals surface area contributed by atoms with Crippen molar-refractivity contribution in [1.29, 1.82) is 0 Å². The van der Waals surface area contributed by atoms with Gasteiger partial charge in [-0.1, -0.05) is 6.07 Å². The van der Waals surface area contributed by atoms with Crippen molar-refractivity contribution in [2.24, 2.45) is 5.73 Å². The van der Waals surface area contributed by atoms with E-state index in [9.17, 15) is 9.90 Å². The molecule has 1 aromatic heterocycles. The Hall–Kier alpha value is -2.34. The molecule has 0 fully saturated rings. The predicted octanol–water partition coefficient (Wildman–Crippen LogP) is 1.42. The van der Waals surface area contributed by atoms with Crippen molar-refractivity contribution in [2.75, 3.05) is 11.9 Å². The Morgan fingerprint density at radius 1 is 1.45 bits per heavy atom. The number of aromatic hydroxyl groups is 1. The second-order valence-corrected chi connectivity index (χ2v) is 4.72. The zero-order chi connectivity index (χ0) is 14.7. The predicted molar refractivity (Wildman–Crippen MR) is 76.8 cm³/mol. The van der Waals surface area contributed by atoms with Crippen molar-refractivity contribution in [3.63, 3.8) is 0 Å². The van der Waals surface area contributed by atoms with Crippen LogP contribution in [-0.2, 0) is 6.54 Å². The lowest BCUT2D eigenvalue weighted by Gasteiger charge is -2.09. The molecule has 0 spiro atoms. The number of nitrogens with zero attached hydrogens (tertiary/aromatic N) is 2. The van der Waals surface area contributed by atoms with Gasteiger partial charge in [-0.2, -0.15) is 0 Å². The summed E-state index contributed by atoms with van der Waals surface area (Å²) < 4.78 is 1.75. The molecular formula is C14H18N4O2. The van der Waals surface area contributed by atoms with E-state index in [1.54, 1.807) is 30.1 Å². The standard InChI is InChI=1S/C14H18N4O2/c1-9-5-10(2)13(19)11(6-9)17-14(20)12-7-18(4-3-15)8-16-12/h5-8,19H,3-4,15H2,1-2H3,(H,17,20). The largest absolute Gasteiger partial charge is 0.505 e. The topological polar surface area (TPSA) is 93.2 Å². The second kappa shape index (κ2) is 5.75. The lowest BCUT2D eigenvalue weighted by atomic mass is 10.1.